The molecule has 13 nitrogen and oxygen atoms in total. The number of aromatic nitrogens is 13. The van der Waals surface area contributed by atoms with Gasteiger partial charge in [0.15, 0.2) is 5.82 Å². The Kier molecular flexibility index (Phi) is 27.3. The molecule has 0 radical (unpaired) electrons. The van der Waals surface area contributed by atoms with Crippen molar-refractivity contribution in [3.63, 3.8) is 0 Å². The molecule has 9 rings (SSSR count). The van der Waals surface area contributed by atoms with E-state index in [2.05, 4.69) is 200 Å². The van der Waals surface area contributed by atoms with Crippen molar-refractivity contribution in [2.75, 3.05) is 0 Å². The molecule has 7 aromatic rings. The summed E-state index contributed by atoms with van der Waals surface area (Å²) in [4.78, 5) is 4.24. The van der Waals surface area contributed by atoms with Crippen molar-refractivity contribution < 1.29 is 0 Å². The third-order valence-electron chi connectivity index (χ3n) is 11.9. The first-order valence-corrected chi connectivity index (χ1v) is 28.3. The van der Waals surface area contributed by atoms with E-state index in [-0.39, 0.29) is 32.5 Å². The monoisotopic (exact) mass is 1050 g/mol. The summed E-state index contributed by atoms with van der Waals surface area (Å²) in [5, 5.41) is 25.5. The molecule has 2 fully saturated rings. The van der Waals surface area contributed by atoms with Crippen molar-refractivity contribution in [3.8, 4) is 5.82 Å². The minimum atomic E-state index is 0.132. The zero-order chi connectivity index (χ0) is 58.5. The second kappa shape index (κ2) is 30.4. The van der Waals surface area contributed by atoms with Gasteiger partial charge in [-0.2, -0.15) is 30.6 Å². The Labute approximate surface area is 463 Å². The molecule has 426 valence electrons. The SMILES string of the molecule is CC.CC.CC.CC(C)(C)c1ccnn1C1CC1.CC(C)(C)c1ccnn1CC1CC1.CC(C)(C)c1cnn(-c2ccccn2)c1.Cn1cc(C(C)(C)C)cn1.Cn1ccc(C(C)(C)C)n1.Cn1nccc1C(C)(C)C. The Hall–Kier alpha value is -5.59. The third kappa shape index (κ3) is 24.2. The average Bonchev–Trinajstić information content (AvgIpc) is 3.80. The van der Waals surface area contributed by atoms with E-state index < -0.39 is 0 Å². The first kappa shape index (κ1) is 68.4. The molecule has 0 aliphatic heterocycles. The summed E-state index contributed by atoms with van der Waals surface area (Å²) < 4.78 is 11.8. The van der Waals surface area contributed by atoms with Gasteiger partial charge in [0.25, 0.3) is 0 Å². The second-order valence-electron chi connectivity index (χ2n) is 25.2. The van der Waals surface area contributed by atoms with Gasteiger partial charge in [-0.05, 0) is 90.0 Å². The van der Waals surface area contributed by atoms with Crippen LogP contribution in [0.25, 0.3) is 5.82 Å². The topological polar surface area (TPSA) is 120 Å². The van der Waals surface area contributed by atoms with Crippen LogP contribution in [0.5, 0.6) is 0 Å². The van der Waals surface area contributed by atoms with Gasteiger partial charge in [0.2, 0.25) is 0 Å². The summed E-state index contributed by atoms with van der Waals surface area (Å²) in [5.41, 5.74) is 8.87. The van der Waals surface area contributed by atoms with Gasteiger partial charge in [0, 0.05) is 110 Å². The van der Waals surface area contributed by atoms with Crippen molar-refractivity contribution in [3.05, 3.63) is 132 Å². The molecule has 0 bridgehead atoms. The molecule has 0 amide bonds. The third-order valence-corrected chi connectivity index (χ3v) is 11.9. The molecule has 0 aromatic carbocycles. The van der Waals surface area contributed by atoms with Gasteiger partial charge in [0.1, 0.15) is 0 Å². The lowest BCUT2D eigenvalue weighted by molar-refractivity contribution is 0.467. The smallest absolute Gasteiger partial charge is 0.153 e. The molecule has 0 atom stereocenters. The molecule has 7 aromatic heterocycles. The zero-order valence-corrected chi connectivity index (χ0v) is 53.2. The number of pyridine rings is 1. The van der Waals surface area contributed by atoms with Gasteiger partial charge in [0.05, 0.1) is 24.1 Å². The quantitative estimate of drug-likeness (QED) is 0.172. The van der Waals surface area contributed by atoms with Crippen LogP contribution >= 0.6 is 0 Å². The van der Waals surface area contributed by atoms with Crippen LogP contribution in [0.3, 0.4) is 0 Å². The number of hydrogen-bond acceptors (Lipinski definition) is 7. The maximum atomic E-state index is 4.38. The molecule has 7 heterocycles. The van der Waals surface area contributed by atoms with Crippen LogP contribution in [-0.4, -0.2) is 63.7 Å². The molecule has 2 aliphatic rings. The molecule has 0 spiro atoms. The van der Waals surface area contributed by atoms with Gasteiger partial charge < -0.3 is 0 Å². The van der Waals surface area contributed by atoms with E-state index in [1.807, 2.05) is 138 Å². The predicted octanol–water partition coefficient (Wildman–Crippen LogP) is 15.9. The molecule has 13 heteroatoms. The highest BCUT2D eigenvalue weighted by molar-refractivity contribution is 5.25. The minimum absolute atomic E-state index is 0.132. The predicted molar refractivity (Wildman–Crippen MR) is 323 cm³/mol. The lowest BCUT2D eigenvalue weighted by atomic mass is 9.90. The van der Waals surface area contributed by atoms with Crippen molar-refractivity contribution >= 4 is 0 Å². The Morgan fingerprint density at radius 1 is 0.461 bits per heavy atom. The van der Waals surface area contributed by atoms with Gasteiger partial charge in [-0.3, -0.25) is 23.4 Å². The van der Waals surface area contributed by atoms with Crippen molar-refractivity contribution in [1.29, 1.82) is 0 Å². The largest absolute Gasteiger partial charge is 0.276 e. The van der Waals surface area contributed by atoms with Crippen LogP contribution < -0.4 is 0 Å². The van der Waals surface area contributed by atoms with Crippen LogP contribution in [0.1, 0.15) is 232 Å². The standard InChI is InChI=1S/C12H15N3.C11H18N2.C10H16N2.3C8H14N2.3C2H6/c1-12(2,3)10-8-14-15(9-10)11-6-4-5-7-13-11;1-11(2,3)10-6-7-12-13(10)8-9-4-5-9;1-10(2,3)9-6-7-11-12(9)8-4-5-8;1-8(2,3)7-5-9-10(4)6-7;1-8(2,3)7-5-6-10(4)9-7;1-8(2,3)7-5-6-9-10(7)4;3*1-2/h4-9H,1-3H3;6-7,9H,4-5,8H2,1-3H3;6-8H,4-5H2,1-3H3;3*5-6H,1-4H3;3*1-2H3. The van der Waals surface area contributed by atoms with Crippen LogP contribution in [0.2, 0.25) is 0 Å². The Balaban J connectivity index is 0.000000449. The van der Waals surface area contributed by atoms with E-state index in [0.29, 0.717) is 6.04 Å². The van der Waals surface area contributed by atoms with E-state index in [4.69, 9.17) is 0 Å². The molecule has 2 saturated carbocycles. The van der Waals surface area contributed by atoms with Gasteiger partial charge in [-0.15, -0.1) is 0 Å². The summed E-state index contributed by atoms with van der Waals surface area (Å²) in [6, 6.07) is 14.9. The van der Waals surface area contributed by atoms with E-state index >= 15 is 0 Å². The van der Waals surface area contributed by atoms with Gasteiger partial charge in [-0.25, -0.2) is 9.67 Å². The lowest BCUT2D eigenvalue weighted by Crippen LogP contribution is -2.19. The normalized spacial score (nSPS) is 13.2. The molecule has 0 unspecified atom stereocenters. The van der Waals surface area contributed by atoms with Crippen molar-refractivity contribution in [2.45, 2.75) is 237 Å². The first-order chi connectivity index (χ1) is 35.2. The van der Waals surface area contributed by atoms with Crippen LogP contribution in [0.15, 0.2) is 98.2 Å². The van der Waals surface area contributed by atoms with Crippen molar-refractivity contribution in [2.24, 2.45) is 27.1 Å². The molecular formula is C63H109N13. The summed E-state index contributed by atoms with van der Waals surface area (Å²) in [7, 11) is 5.85. The van der Waals surface area contributed by atoms with Crippen LogP contribution in [-0.2, 0) is 60.2 Å². The highest BCUT2D eigenvalue weighted by Crippen LogP contribution is 2.38. The highest BCUT2D eigenvalue weighted by atomic mass is 15.3. The maximum absolute atomic E-state index is 4.38. The second-order valence-corrected chi connectivity index (χ2v) is 25.2. The molecule has 2 aliphatic carbocycles. The van der Waals surface area contributed by atoms with E-state index in [1.54, 1.807) is 10.9 Å². The van der Waals surface area contributed by atoms with E-state index in [1.165, 1.54) is 53.9 Å². The maximum Gasteiger partial charge on any atom is 0.153 e. The summed E-state index contributed by atoms with van der Waals surface area (Å²) in [5.74, 6) is 1.76. The summed E-state index contributed by atoms with van der Waals surface area (Å²) >= 11 is 0. The summed E-state index contributed by atoms with van der Waals surface area (Å²) in [6.07, 6.45) is 22.7. The average molecular weight is 1050 g/mol. The Morgan fingerprint density at radius 3 is 1.32 bits per heavy atom. The lowest BCUT2D eigenvalue weighted by Gasteiger charge is -2.20. The number of aryl methyl sites for hydroxylation is 3. The first-order valence-electron chi connectivity index (χ1n) is 28.3. The molecule has 0 saturated heterocycles. The van der Waals surface area contributed by atoms with Crippen LogP contribution in [0.4, 0.5) is 0 Å². The fourth-order valence-corrected chi connectivity index (χ4v) is 7.24. The van der Waals surface area contributed by atoms with Crippen molar-refractivity contribution in [1.82, 2.24) is 63.7 Å². The fraction of sp³-hybridized carbons (Fsp3) is 0.635. The minimum Gasteiger partial charge on any atom is -0.276 e. The Bertz CT molecular complexity index is 2530. The number of rotatable bonds is 4. The van der Waals surface area contributed by atoms with Gasteiger partial charge >= 0.3 is 0 Å². The van der Waals surface area contributed by atoms with Crippen LogP contribution in [0, 0.1) is 5.92 Å². The zero-order valence-electron chi connectivity index (χ0n) is 53.2. The van der Waals surface area contributed by atoms with E-state index in [0.717, 1.165) is 24.0 Å². The van der Waals surface area contributed by atoms with E-state index in [9.17, 15) is 0 Å². The Morgan fingerprint density at radius 2 is 0.961 bits per heavy atom. The number of nitrogens with zero attached hydrogens (tertiary/aromatic N) is 13. The molecular weight excluding hydrogens is 939 g/mol. The van der Waals surface area contributed by atoms with Gasteiger partial charge in [-0.1, -0.05) is 172 Å². The number of hydrogen-bond donors (Lipinski definition) is 0. The fourth-order valence-electron chi connectivity index (χ4n) is 7.24. The highest BCUT2D eigenvalue weighted by Gasteiger charge is 2.30. The molecule has 76 heavy (non-hydrogen) atoms. The molecule has 0 N–H and O–H groups in total. The summed E-state index contributed by atoms with van der Waals surface area (Å²) in [6.45, 7) is 52.7.